The van der Waals surface area contributed by atoms with E-state index in [9.17, 15) is 4.39 Å². The molecule has 2 unspecified atom stereocenters. The number of halogens is 1. The van der Waals surface area contributed by atoms with Crippen LogP contribution in [0.4, 0.5) is 4.39 Å². The number of rotatable bonds is 9. The van der Waals surface area contributed by atoms with Crippen LogP contribution in [0.5, 0.6) is 0 Å². The van der Waals surface area contributed by atoms with Crippen LogP contribution in [0.1, 0.15) is 32.4 Å². The molecule has 2 N–H and O–H groups in total. The van der Waals surface area contributed by atoms with Gasteiger partial charge in [0.05, 0.1) is 25.9 Å². The Labute approximate surface area is 168 Å². The lowest BCUT2D eigenvalue weighted by Gasteiger charge is -2.36. The molecule has 0 aliphatic carbocycles. The Kier molecular flexibility index (Phi) is 9.67. The first-order valence-electron chi connectivity index (χ1n) is 10.2. The molecule has 0 amide bonds. The molecule has 1 heterocycles. The third-order valence-electron chi connectivity index (χ3n) is 5.05. The van der Waals surface area contributed by atoms with Crippen LogP contribution in [0.2, 0.25) is 0 Å². The Balaban J connectivity index is 1.98. The molecule has 1 aliphatic rings. The first kappa shape index (κ1) is 22.6. The minimum atomic E-state index is -0.246. The summed E-state index contributed by atoms with van der Waals surface area (Å²) in [4.78, 5) is 7.29. The number of hydrogen-bond acceptors (Lipinski definition) is 4. The van der Waals surface area contributed by atoms with Gasteiger partial charge < -0.3 is 20.1 Å². The molecule has 1 aliphatic heterocycles. The first-order chi connectivity index (χ1) is 13.5. The zero-order chi connectivity index (χ0) is 20.4. The standard InChI is InChI=1S/C21H35FN4O2/c1-5-23-21(24-14-19(16(2)3)26-10-12-28-13-11-26)25-15-20(27-4)17-6-8-18(22)9-7-17/h6-9,16,19-20H,5,10-15H2,1-4H3,(H2,23,24,25). The maximum atomic E-state index is 13.2. The number of hydrogen-bond donors (Lipinski definition) is 2. The predicted molar refractivity (Wildman–Crippen MR) is 111 cm³/mol. The molecule has 0 bridgehead atoms. The largest absolute Gasteiger partial charge is 0.379 e. The van der Waals surface area contributed by atoms with Gasteiger partial charge in [-0.1, -0.05) is 26.0 Å². The van der Waals surface area contributed by atoms with E-state index in [1.807, 2.05) is 6.92 Å². The molecular formula is C21H35FN4O2. The van der Waals surface area contributed by atoms with Crippen molar-refractivity contribution in [3.63, 3.8) is 0 Å². The number of morpholine rings is 1. The predicted octanol–water partition coefficient (Wildman–Crippen LogP) is 2.43. The summed E-state index contributed by atoms with van der Waals surface area (Å²) in [5, 5.41) is 6.66. The van der Waals surface area contributed by atoms with Crippen molar-refractivity contribution >= 4 is 5.96 Å². The number of benzene rings is 1. The van der Waals surface area contributed by atoms with Gasteiger partial charge in [-0.3, -0.25) is 9.89 Å². The molecule has 158 valence electrons. The average Bonchev–Trinajstić information content (AvgIpc) is 2.70. The Bertz CT molecular complexity index is 589. The lowest BCUT2D eigenvalue weighted by atomic mass is 10.0. The number of nitrogens with zero attached hydrogens (tertiary/aromatic N) is 2. The highest BCUT2D eigenvalue weighted by molar-refractivity contribution is 5.79. The highest BCUT2D eigenvalue weighted by Gasteiger charge is 2.23. The summed E-state index contributed by atoms with van der Waals surface area (Å²) < 4.78 is 24.2. The minimum absolute atomic E-state index is 0.176. The molecule has 2 rings (SSSR count). The van der Waals surface area contributed by atoms with E-state index in [4.69, 9.17) is 14.5 Å². The Morgan fingerprint density at radius 1 is 1.21 bits per heavy atom. The summed E-state index contributed by atoms with van der Waals surface area (Å²) in [6.07, 6.45) is -0.176. The number of guanidine groups is 1. The van der Waals surface area contributed by atoms with E-state index in [-0.39, 0.29) is 11.9 Å². The molecule has 0 radical (unpaired) electrons. The lowest BCUT2D eigenvalue weighted by molar-refractivity contribution is 0.00866. The smallest absolute Gasteiger partial charge is 0.191 e. The van der Waals surface area contributed by atoms with Crippen LogP contribution in [0.25, 0.3) is 0 Å². The Morgan fingerprint density at radius 2 is 1.89 bits per heavy atom. The third kappa shape index (κ3) is 7.04. The number of aliphatic imine (C=N–C) groups is 1. The molecule has 0 saturated carbocycles. The van der Waals surface area contributed by atoms with Crippen molar-refractivity contribution in [2.24, 2.45) is 10.9 Å². The van der Waals surface area contributed by atoms with Crippen LogP contribution in [-0.2, 0) is 9.47 Å². The molecule has 0 aromatic heterocycles. The third-order valence-corrected chi connectivity index (χ3v) is 5.05. The summed E-state index contributed by atoms with van der Waals surface area (Å²) in [5.74, 6) is 1.03. The van der Waals surface area contributed by atoms with Gasteiger partial charge >= 0.3 is 0 Å². The van der Waals surface area contributed by atoms with Gasteiger partial charge in [-0.25, -0.2) is 4.39 Å². The van der Waals surface area contributed by atoms with Gasteiger partial charge in [0.2, 0.25) is 0 Å². The van der Waals surface area contributed by atoms with Crippen molar-refractivity contribution in [1.82, 2.24) is 15.5 Å². The summed E-state index contributed by atoms with van der Waals surface area (Å²) in [7, 11) is 1.66. The van der Waals surface area contributed by atoms with Crippen LogP contribution in [0.15, 0.2) is 29.3 Å². The highest BCUT2D eigenvalue weighted by Crippen LogP contribution is 2.16. The second-order valence-electron chi connectivity index (χ2n) is 7.34. The van der Waals surface area contributed by atoms with E-state index in [2.05, 4.69) is 29.4 Å². The summed E-state index contributed by atoms with van der Waals surface area (Å²) in [5.41, 5.74) is 0.931. The second kappa shape index (κ2) is 12.0. The fourth-order valence-corrected chi connectivity index (χ4v) is 3.39. The molecule has 28 heavy (non-hydrogen) atoms. The molecule has 7 heteroatoms. The van der Waals surface area contributed by atoms with Gasteiger partial charge in [0.1, 0.15) is 5.82 Å². The SMILES string of the molecule is CCNC(=NCC(C(C)C)N1CCOCC1)NCC(OC)c1ccc(F)cc1. The van der Waals surface area contributed by atoms with Crippen LogP contribution >= 0.6 is 0 Å². The van der Waals surface area contributed by atoms with E-state index in [1.165, 1.54) is 12.1 Å². The van der Waals surface area contributed by atoms with Crippen molar-refractivity contribution in [3.05, 3.63) is 35.6 Å². The lowest BCUT2D eigenvalue weighted by Crippen LogP contribution is -2.48. The topological polar surface area (TPSA) is 58.1 Å². The molecule has 1 aromatic rings. The van der Waals surface area contributed by atoms with Gasteiger partial charge in [-0.2, -0.15) is 0 Å². The first-order valence-corrected chi connectivity index (χ1v) is 10.2. The molecular weight excluding hydrogens is 359 g/mol. The van der Waals surface area contributed by atoms with Crippen LogP contribution < -0.4 is 10.6 Å². The van der Waals surface area contributed by atoms with Gasteiger partial charge in [0.15, 0.2) is 5.96 Å². The fraction of sp³-hybridized carbons (Fsp3) is 0.667. The Morgan fingerprint density at radius 3 is 2.46 bits per heavy atom. The van der Waals surface area contributed by atoms with Crippen LogP contribution in [-0.4, -0.2) is 69.9 Å². The van der Waals surface area contributed by atoms with Gasteiger partial charge in [-0.05, 0) is 30.5 Å². The molecule has 1 saturated heterocycles. The quantitative estimate of drug-likeness (QED) is 0.498. The monoisotopic (exact) mass is 394 g/mol. The van der Waals surface area contributed by atoms with Crippen molar-refractivity contribution in [1.29, 1.82) is 0 Å². The van der Waals surface area contributed by atoms with Gasteiger partial charge in [0, 0.05) is 39.3 Å². The fourth-order valence-electron chi connectivity index (χ4n) is 3.39. The van der Waals surface area contributed by atoms with E-state index >= 15 is 0 Å². The zero-order valence-electron chi connectivity index (χ0n) is 17.6. The van der Waals surface area contributed by atoms with Gasteiger partial charge in [-0.15, -0.1) is 0 Å². The molecule has 1 fully saturated rings. The maximum Gasteiger partial charge on any atom is 0.191 e. The average molecular weight is 395 g/mol. The molecule has 0 spiro atoms. The van der Waals surface area contributed by atoms with Crippen molar-refractivity contribution in [3.8, 4) is 0 Å². The summed E-state index contributed by atoms with van der Waals surface area (Å²) in [6.45, 7) is 12.1. The van der Waals surface area contributed by atoms with Crippen molar-refractivity contribution in [2.45, 2.75) is 32.9 Å². The normalized spacial score (nSPS) is 18.1. The van der Waals surface area contributed by atoms with Crippen LogP contribution in [0.3, 0.4) is 0 Å². The van der Waals surface area contributed by atoms with Crippen LogP contribution in [0, 0.1) is 11.7 Å². The summed E-state index contributed by atoms with van der Waals surface area (Å²) in [6, 6.07) is 6.80. The Hall–Kier alpha value is -1.70. The number of ether oxygens (including phenoxy) is 2. The van der Waals surface area contributed by atoms with E-state index in [0.29, 0.717) is 18.5 Å². The molecule has 6 nitrogen and oxygen atoms in total. The van der Waals surface area contributed by atoms with Crippen molar-refractivity contribution < 1.29 is 13.9 Å². The number of nitrogens with one attached hydrogen (secondary N) is 2. The zero-order valence-corrected chi connectivity index (χ0v) is 17.6. The maximum absolute atomic E-state index is 13.2. The van der Waals surface area contributed by atoms with E-state index in [1.54, 1.807) is 19.2 Å². The van der Waals surface area contributed by atoms with Crippen molar-refractivity contribution in [2.75, 3.05) is 53.0 Å². The van der Waals surface area contributed by atoms with E-state index < -0.39 is 0 Å². The summed E-state index contributed by atoms with van der Waals surface area (Å²) >= 11 is 0. The minimum Gasteiger partial charge on any atom is -0.379 e. The van der Waals surface area contributed by atoms with E-state index in [0.717, 1.165) is 50.9 Å². The molecule has 1 aromatic carbocycles. The second-order valence-corrected chi connectivity index (χ2v) is 7.34. The molecule has 2 atom stereocenters. The van der Waals surface area contributed by atoms with Gasteiger partial charge in [0.25, 0.3) is 0 Å². The number of methoxy groups -OCH3 is 1. The highest BCUT2D eigenvalue weighted by atomic mass is 19.1.